The molecule has 3 nitrogen and oxygen atoms in total. The predicted molar refractivity (Wildman–Crippen MR) is 70.2 cm³/mol. The molecule has 18 heavy (non-hydrogen) atoms. The average molecular weight is 310 g/mol. The Balaban J connectivity index is 2.24. The van der Waals surface area contributed by atoms with Crippen molar-refractivity contribution in [2.75, 3.05) is 5.32 Å². The molecule has 0 aliphatic heterocycles. The summed E-state index contributed by atoms with van der Waals surface area (Å²) in [7, 11) is 0. The van der Waals surface area contributed by atoms with Gasteiger partial charge in [0.25, 0.3) is 5.91 Å². The van der Waals surface area contributed by atoms with E-state index >= 15 is 0 Å². The zero-order valence-electron chi connectivity index (χ0n) is 9.15. The highest BCUT2D eigenvalue weighted by atomic mass is 79.9. The van der Waals surface area contributed by atoms with Gasteiger partial charge in [-0.3, -0.25) is 4.79 Å². The molecule has 0 unspecified atom stereocenters. The molecule has 0 radical (unpaired) electrons. The van der Waals surface area contributed by atoms with Gasteiger partial charge in [-0.05, 0) is 46.3 Å². The van der Waals surface area contributed by atoms with E-state index in [0.717, 1.165) is 0 Å². The van der Waals surface area contributed by atoms with Crippen LogP contribution in [-0.2, 0) is 0 Å². The Morgan fingerprint density at radius 1 is 1.22 bits per heavy atom. The first-order valence-electron chi connectivity index (χ1n) is 5.12. The van der Waals surface area contributed by atoms with Gasteiger partial charge < -0.3 is 10.4 Å². The van der Waals surface area contributed by atoms with Gasteiger partial charge >= 0.3 is 0 Å². The summed E-state index contributed by atoms with van der Waals surface area (Å²) >= 11 is 3.15. The first-order chi connectivity index (χ1) is 8.58. The molecule has 0 saturated carbocycles. The molecule has 2 N–H and O–H groups in total. The zero-order chi connectivity index (χ0) is 13.1. The van der Waals surface area contributed by atoms with Crippen molar-refractivity contribution in [3.8, 4) is 5.75 Å². The van der Waals surface area contributed by atoms with E-state index in [0.29, 0.717) is 10.2 Å². The molecule has 5 heteroatoms. The Labute approximate surface area is 111 Å². The molecule has 2 aromatic carbocycles. The zero-order valence-corrected chi connectivity index (χ0v) is 10.7. The standard InChI is InChI=1S/C13H9BrFNO2/c14-10-7-8(15)5-6-11(10)16-13(18)9-3-1-2-4-12(9)17/h1-7,17H,(H,16,18). The number of para-hydroxylation sites is 1. The van der Waals surface area contributed by atoms with Crippen LogP contribution in [0.25, 0.3) is 0 Å². The summed E-state index contributed by atoms with van der Waals surface area (Å²) in [6, 6.07) is 10.1. The van der Waals surface area contributed by atoms with E-state index in [1.165, 1.54) is 30.3 Å². The molecule has 92 valence electrons. The van der Waals surface area contributed by atoms with Gasteiger partial charge in [0, 0.05) is 4.47 Å². The Kier molecular flexibility index (Phi) is 3.62. The fourth-order valence-electron chi connectivity index (χ4n) is 1.45. The third-order valence-corrected chi connectivity index (χ3v) is 2.98. The number of carbonyl (C=O) groups is 1. The highest BCUT2D eigenvalue weighted by Gasteiger charge is 2.12. The number of phenolic OH excluding ortho intramolecular Hbond substituents is 1. The van der Waals surface area contributed by atoms with Crippen molar-refractivity contribution < 1.29 is 14.3 Å². The maximum atomic E-state index is 12.9. The van der Waals surface area contributed by atoms with Crippen LogP contribution in [0.4, 0.5) is 10.1 Å². The maximum absolute atomic E-state index is 12.9. The number of hydrogen-bond donors (Lipinski definition) is 2. The van der Waals surface area contributed by atoms with Crippen molar-refractivity contribution in [1.82, 2.24) is 0 Å². The molecule has 2 rings (SSSR count). The molecular formula is C13H9BrFNO2. The number of halogens is 2. The van der Waals surface area contributed by atoms with Crippen LogP contribution in [-0.4, -0.2) is 11.0 Å². The van der Waals surface area contributed by atoms with E-state index in [-0.39, 0.29) is 11.3 Å². The fourth-order valence-corrected chi connectivity index (χ4v) is 1.90. The SMILES string of the molecule is O=C(Nc1ccc(F)cc1Br)c1ccccc1O. The number of hydrogen-bond acceptors (Lipinski definition) is 2. The molecule has 2 aromatic rings. The van der Waals surface area contributed by atoms with E-state index in [9.17, 15) is 14.3 Å². The van der Waals surface area contributed by atoms with Gasteiger partial charge in [0.05, 0.1) is 11.3 Å². The lowest BCUT2D eigenvalue weighted by atomic mass is 10.2. The van der Waals surface area contributed by atoms with Crippen LogP contribution in [0.15, 0.2) is 46.9 Å². The number of carbonyl (C=O) groups excluding carboxylic acids is 1. The molecule has 0 heterocycles. The van der Waals surface area contributed by atoms with E-state index < -0.39 is 11.7 Å². The number of amides is 1. The van der Waals surface area contributed by atoms with Gasteiger partial charge in [-0.2, -0.15) is 0 Å². The summed E-state index contributed by atoms with van der Waals surface area (Å²) in [5.41, 5.74) is 0.596. The van der Waals surface area contributed by atoms with Crippen molar-refractivity contribution >= 4 is 27.5 Å². The number of anilines is 1. The summed E-state index contributed by atoms with van der Waals surface area (Å²) in [4.78, 5) is 11.9. The van der Waals surface area contributed by atoms with Crippen LogP contribution < -0.4 is 5.32 Å². The second-order valence-electron chi connectivity index (χ2n) is 3.60. The molecule has 0 aliphatic carbocycles. The normalized spacial score (nSPS) is 10.1. The number of benzene rings is 2. The van der Waals surface area contributed by atoms with E-state index in [2.05, 4.69) is 21.2 Å². The summed E-state index contributed by atoms with van der Waals surface area (Å²) in [5, 5.41) is 12.1. The molecule has 0 fully saturated rings. The lowest BCUT2D eigenvalue weighted by Gasteiger charge is -2.08. The van der Waals surface area contributed by atoms with Crippen molar-refractivity contribution in [3.05, 3.63) is 58.3 Å². The largest absolute Gasteiger partial charge is 0.507 e. The number of nitrogens with one attached hydrogen (secondary N) is 1. The van der Waals surface area contributed by atoms with Gasteiger partial charge in [0.1, 0.15) is 11.6 Å². The van der Waals surface area contributed by atoms with Crippen molar-refractivity contribution in [2.24, 2.45) is 0 Å². The second-order valence-corrected chi connectivity index (χ2v) is 4.45. The van der Waals surface area contributed by atoms with E-state index in [4.69, 9.17) is 0 Å². The highest BCUT2D eigenvalue weighted by molar-refractivity contribution is 9.10. The molecule has 0 bridgehead atoms. The van der Waals surface area contributed by atoms with Gasteiger partial charge in [0.15, 0.2) is 0 Å². The molecule has 0 saturated heterocycles. The van der Waals surface area contributed by atoms with Crippen LogP contribution in [0.5, 0.6) is 5.75 Å². The number of rotatable bonds is 2. The fraction of sp³-hybridized carbons (Fsp3) is 0. The third-order valence-electron chi connectivity index (χ3n) is 2.33. The van der Waals surface area contributed by atoms with Gasteiger partial charge in [0.2, 0.25) is 0 Å². The lowest BCUT2D eigenvalue weighted by Crippen LogP contribution is -2.12. The minimum atomic E-state index is -0.458. The first kappa shape index (κ1) is 12.6. The van der Waals surface area contributed by atoms with Crippen LogP contribution >= 0.6 is 15.9 Å². The van der Waals surface area contributed by atoms with Crippen LogP contribution in [0.1, 0.15) is 10.4 Å². The molecule has 0 atom stereocenters. The van der Waals surface area contributed by atoms with E-state index in [1.54, 1.807) is 12.1 Å². The van der Waals surface area contributed by atoms with Crippen LogP contribution in [0, 0.1) is 5.82 Å². The Hall–Kier alpha value is -1.88. The molecule has 0 aromatic heterocycles. The summed E-state index contributed by atoms with van der Waals surface area (Å²) in [6.07, 6.45) is 0. The van der Waals surface area contributed by atoms with E-state index in [1.807, 2.05) is 0 Å². The summed E-state index contributed by atoms with van der Waals surface area (Å²) in [5.74, 6) is -0.962. The van der Waals surface area contributed by atoms with Crippen molar-refractivity contribution in [3.63, 3.8) is 0 Å². The van der Waals surface area contributed by atoms with Gasteiger partial charge in [-0.1, -0.05) is 12.1 Å². The lowest BCUT2D eigenvalue weighted by molar-refractivity contribution is 0.102. The number of phenols is 1. The monoisotopic (exact) mass is 309 g/mol. The molecule has 1 amide bonds. The highest BCUT2D eigenvalue weighted by Crippen LogP contribution is 2.25. The second kappa shape index (κ2) is 5.18. The molecule has 0 spiro atoms. The maximum Gasteiger partial charge on any atom is 0.259 e. The number of aromatic hydroxyl groups is 1. The average Bonchev–Trinajstić information content (AvgIpc) is 2.33. The third kappa shape index (κ3) is 2.68. The topological polar surface area (TPSA) is 49.3 Å². The van der Waals surface area contributed by atoms with Crippen LogP contribution in [0.2, 0.25) is 0 Å². The smallest absolute Gasteiger partial charge is 0.259 e. The predicted octanol–water partition coefficient (Wildman–Crippen LogP) is 3.55. The Morgan fingerprint density at radius 3 is 2.61 bits per heavy atom. The summed E-state index contributed by atoms with van der Waals surface area (Å²) < 4.78 is 13.3. The molecule has 0 aliphatic rings. The van der Waals surface area contributed by atoms with Crippen LogP contribution in [0.3, 0.4) is 0 Å². The van der Waals surface area contributed by atoms with Crippen molar-refractivity contribution in [2.45, 2.75) is 0 Å². The Morgan fingerprint density at radius 2 is 1.94 bits per heavy atom. The minimum Gasteiger partial charge on any atom is -0.507 e. The van der Waals surface area contributed by atoms with Gasteiger partial charge in [-0.25, -0.2) is 4.39 Å². The minimum absolute atomic E-state index is 0.103. The van der Waals surface area contributed by atoms with Crippen molar-refractivity contribution in [1.29, 1.82) is 0 Å². The quantitative estimate of drug-likeness (QED) is 0.891. The van der Waals surface area contributed by atoms with Gasteiger partial charge in [-0.15, -0.1) is 0 Å². The Bertz CT molecular complexity index is 601. The summed E-state index contributed by atoms with van der Waals surface area (Å²) in [6.45, 7) is 0. The molecular weight excluding hydrogens is 301 g/mol. The first-order valence-corrected chi connectivity index (χ1v) is 5.91.